The molecule has 5 nitrogen and oxygen atoms in total. The molecule has 0 amide bonds. The molecule has 0 radical (unpaired) electrons. The van der Waals surface area contributed by atoms with Crippen LogP contribution in [-0.4, -0.2) is 33.5 Å². The van der Waals surface area contributed by atoms with Crippen molar-refractivity contribution in [2.75, 3.05) is 13.7 Å². The van der Waals surface area contributed by atoms with Crippen molar-refractivity contribution in [1.82, 2.24) is 19.9 Å². The van der Waals surface area contributed by atoms with Gasteiger partial charge in [0.05, 0.1) is 12.7 Å². The van der Waals surface area contributed by atoms with E-state index in [9.17, 15) is 0 Å². The molecular weight excluding hydrogens is 392 g/mol. The predicted octanol–water partition coefficient (Wildman–Crippen LogP) is 5.21. The topological polar surface area (TPSA) is 51.1 Å². The minimum atomic E-state index is 0.577. The van der Waals surface area contributed by atoms with Gasteiger partial charge in [-0.3, -0.25) is 4.90 Å². The number of methoxy groups -OCH3 is 1. The molecular formula is C24H28N4OS. The van der Waals surface area contributed by atoms with E-state index in [4.69, 9.17) is 14.7 Å². The van der Waals surface area contributed by atoms with Gasteiger partial charge in [-0.25, -0.2) is 15.0 Å². The summed E-state index contributed by atoms with van der Waals surface area (Å²) in [5, 5.41) is 1.01. The maximum atomic E-state index is 5.49. The first-order valence-corrected chi connectivity index (χ1v) is 11.8. The lowest BCUT2D eigenvalue weighted by Crippen LogP contribution is -2.31. The Balaban J connectivity index is 1.26. The number of hydrogen-bond donors (Lipinski definition) is 0. The van der Waals surface area contributed by atoms with Gasteiger partial charge in [-0.1, -0.05) is 31.4 Å². The summed E-state index contributed by atoms with van der Waals surface area (Å²) in [6, 6.07) is 8.07. The van der Waals surface area contributed by atoms with E-state index in [1.54, 1.807) is 18.4 Å². The van der Waals surface area contributed by atoms with E-state index in [1.165, 1.54) is 48.2 Å². The van der Waals surface area contributed by atoms with Crippen LogP contribution in [0.2, 0.25) is 0 Å². The average molecular weight is 421 g/mol. The minimum Gasteiger partial charge on any atom is -0.496 e. The Morgan fingerprint density at radius 3 is 2.83 bits per heavy atom. The Kier molecular flexibility index (Phi) is 5.77. The zero-order valence-corrected chi connectivity index (χ0v) is 18.3. The van der Waals surface area contributed by atoms with Gasteiger partial charge < -0.3 is 4.74 Å². The van der Waals surface area contributed by atoms with Crippen molar-refractivity contribution in [3.63, 3.8) is 0 Å². The van der Waals surface area contributed by atoms with Crippen molar-refractivity contribution in [3.8, 4) is 16.3 Å². The van der Waals surface area contributed by atoms with Crippen LogP contribution in [-0.2, 0) is 19.5 Å². The molecule has 0 saturated heterocycles. The first kappa shape index (κ1) is 19.6. The van der Waals surface area contributed by atoms with E-state index in [1.807, 2.05) is 24.4 Å². The van der Waals surface area contributed by atoms with Crippen LogP contribution in [0.15, 0.2) is 36.7 Å². The van der Waals surface area contributed by atoms with Gasteiger partial charge in [0.25, 0.3) is 0 Å². The molecule has 0 N–H and O–H groups in total. The molecule has 5 rings (SSSR count). The van der Waals surface area contributed by atoms with E-state index >= 15 is 0 Å². The summed E-state index contributed by atoms with van der Waals surface area (Å²) in [6.07, 6.45) is 11.6. The molecule has 156 valence electrons. The minimum absolute atomic E-state index is 0.577. The highest BCUT2D eigenvalue weighted by Crippen LogP contribution is 2.34. The molecule has 1 saturated carbocycles. The van der Waals surface area contributed by atoms with Gasteiger partial charge in [0.15, 0.2) is 0 Å². The highest BCUT2D eigenvalue weighted by atomic mass is 32.1. The lowest BCUT2D eigenvalue weighted by Gasteiger charge is -2.28. The molecule has 6 heteroatoms. The summed E-state index contributed by atoms with van der Waals surface area (Å²) >= 11 is 1.75. The Morgan fingerprint density at radius 2 is 1.97 bits per heavy atom. The van der Waals surface area contributed by atoms with E-state index in [0.29, 0.717) is 5.92 Å². The number of rotatable bonds is 5. The van der Waals surface area contributed by atoms with Crippen LogP contribution in [0, 0.1) is 0 Å². The highest BCUT2D eigenvalue weighted by Gasteiger charge is 2.23. The van der Waals surface area contributed by atoms with Crippen molar-refractivity contribution in [2.24, 2.45) is 0 Å². The molecule has 0 bridgehead atoms. The molecule has 1 aromatic carbocycles. The zero-order valence-electron chi connectivity index (χ0n) is 17.5. The van der Waals surface area contributed by atoms with Crippen LogP contribution in [0.25, 0.3) is 10.6 Å². The van der Waals surface area contributed by atoms with E-state index in [0.717, 1.165) is 48.2 Å². The number of ether oxygens (including phenoxy) is 1. The zero-order chi connectivity index (χ0) is 20.3. The van der Waals surface area contributed by atoms with E-state index in [-0.39, 0.29) is 0 Å². The largest absolute Gasteiger partial charge is 0.496 e. The normalized spacial score (nSPS) is 17.6. The molecule has 0 unspecified atom stereocenters. The van der Waals surface area contributed by atoms with Gasteiger partial charge in [0.2, 0.25) is 0 Å². The van der Waals surface area contributed by atoms with Gasteiger partial charge in [0.1, 0.15) is 16.6 Å². The maximum absolute atomic E-state index is 5.49. The van der Waals surface area contributed by atoms with E-state index < -0.39 is 0 Å². The van der Waals surface area contributed by atoms with Crippen molar-refractivity contribution in [1.29, 1.82) is 0 Å². The van der Waals surface area contributed by atoms with Crippen molar-refractivity contribution in [2.45, 2.75) is 57.5 Å². The fourth-order valence-electron chi connectivity index (χ4n) is 4.63. The van der Waals surface area contributed by atoms with Gasteiger partial charge in [0, 0.05) is 60.5 Å². The lowest BCUT2D eigenvalue weighted by atomic mass is 9.88. The van der Waals surface area contributed by atoms with Crippen LogP contribution in [0.4, 0.5) is 0 Å². The van der Waals surface area contributed by atoms with Crippen LogP contribution >= 0.6 is 11.3 Å². The number of benzene rings is 1. The Bertz CT molecular complexity index is 1010. The fourth-order valence-corrected chi connectivity index (χ4v) is 5.61. The molecule has 1 aliphatic heterocycles. The third-order valence-corrected chi connectivity index (χ3v) is 7.29. The fraction of sp³-hybridized carbons (Fsp3) is 0.458. The lowest BCUT2D eigenvalue weighted by molar-refractivity contribution is 0.244. The number of aromatic nitrogens is 3. The molecule has 0 atom stereocenters. The predicted molar refractivity (Wildman–Crippen MR) is 120 cm³/mol. The molecule has 3 aromatic rings. The Labute approximate surface area is 182 Å². The third-order valence-electron chi connectivity index (χ3n) is 6.27. The second-order valence-electron chi connectivity index (χ2n) is 8.33. The number of fused-ring (bicyclic) bond motifs is 1. The number of para-hydroxylation sites is 1. The maximum Gasteiger partial charge on any atom is 0.131 e. The third kappa shape index (κ3) is 4.12. The average Bonchev–Trinajstić information content (AvgIpc) is 3.27. The Hall–Kier alpha value is -2.31. The van der Waals surface area contributed by atoms with Gasteiger partial charge in [-0.05, 0) is 25.0 Å². The van der Waals surface area contributed by atoms with Crippen molar-refractivity contribution < 1.29 is 4.74 Å². The summed E-state index contributed by atoms with van der Waals surface area (Å²) in [4.78, 5) is 18.1. The first-order valence-electron chi connectivity index (χ1n) is 11.0. The molecule has 0 spiro atoms. The Morgan fingerprint density at radius 1 is 1.10 bits per heavy atom. The summed E-state index contributed by atoms with van der Waals surface area (Å²) in [7, 11) is 1.71. The highest BCUT2D eigenvalue weighted by molar-refractivity contribution is 7.15. The smallest absolute Gasteiger partial charge is 0.131 e. The molecule has 2 aromatic heterocycles. The SMILES string of the molecule is COc1ccccc1-c1ncc(CN2CCc3nc(C4CCCCC4)ncc3C2)s1. The number of hydrogen-bond acceptors (Lipinski definition) is 6. The number of nitrogens with zero attached hydrogens (tertiary/aromatic N) is 4. The summed E-state index contributed by atoms with van der Waals surface area (Å²) in [5.74, 6) is 2.54. The van der Waals surface area contributed by atoms with Gasteiger partial charge in [-0.2, -0.15) is 0 Å². The van der Waals surface area contributed by atoms with Crippen LogP contribution < -0.4 is 4.74 Å². The van der Waals surface area contributed by atoms with Gasteiger partial charge in [-0.15, -0.1) is 11.3 Å². The second-order valence-corrected chi connectivity index (χ2v) is 9.44. The summed E-state index contributed by atoms with van der Waals surface area (Å²) < 4.78 is 5.49. The second kappa shape index (κ2) is 8.82. The summed E-state index contributed by atoms with van der Waals surface area (Å²) in [6.45, 7) is 2.87. The van der Waals surface area contributed by atoms with Gasteiger partial charge >= 0.3 is 0 Å². The first-order chi connectivity index (χ1) is 14.8. The standard InChI is InChI=1S/C24H28N4OS/c1-29-22-10-6-5-9-20(22)24-26-14-19(30-24)16-28-12-11-21-18(15-28)13-25-23(27-21)17-7-3-2-4-8-17/h5-6,9-10,13-14,17H,2-4,7-8,11-12,15-16H2,1H3. The van der Waals surface area contributed by atoms with Crippen LogP contribution in [0.3, 0.4) is 0 Å². The van der Waals surface area contributed by atoms with Crippen LogP contribution in [0.5, 0.6) is 5.75 Å². The summed E-state index contributed by atoms with van der Waals surface area (Å²) in [5.41, 5.74) is 3.61. The van der Waals surface area contributed by atoms with Crippen molar-refractivity contribution >= 4 is 11.3 Å². The number of thiazole rings is 1. The monoisotopic (exact) mass is 420 g/mol. The van der Waals surface area contributed by atoms with E-state index in [2.05, 4.69) is 22.1 Å². The van der Waals surface area contributed by atoms with Crippen molar-refractivity contribution in [3.05, 3.63) is 58.6 Å². The quantitative estimate of drug-likeness (QED) is 0.567. The molecule has 30 heavy (non-hydrogen) atoms. The molecule has 1 fully saturated rings. The van der Waals surface area contributed by atoms with Crippen LogP contribution in [0.1, 0.15) is 60.0 Å². The molecule has 1 aliphatic carbocycles. The molecule has 3 heterocycles. The molecule has 2 aliphatic rings.